The van der Waals surface area contributed by atoms with E-state index in [0.29, 0.717) is 0 Å². The standard InChI is InChI=1S/C8H13Si.C5H4Br.Fe/c1-9(2,3)8-6-4-5-7-8;6-5-3-1-2-4-5;/h4-7H,1-3H3;1-4H;/q2*-1;+2. The van der Waals surface area contributed by atoms with E-state index in [0.717, 1.165) is 4.47 Å². The molecule has 0 bridgehead atoms. The summed E-state index contributed by atoms with van der Waals surface area (Å²) in [5.74, 6) is 0. The maximum absolute atomic E-state index is 3.28. The Hall–Kier alpha value is -0.0836. The molecule has 2 aromatic carbocycles. The Labute approximate surface area is 118 Å². The summed E-state index contributed by atoms with van der Waals surface area (Å²) in [7, 11) is -0.981. The summed E-state index contributed by atoms with van der Waals surface area (Å²) in [4.78, 5) is 0. The van der Waals surface area contributed by atoms with Gasteiger partial charge in [-0.15, -0.1) is 4.47 Å². The third kappa shape index (κ3) is 5.85. The van der Waals surface area contributed by atoms with Crippen molar-refractivity contribution in [3.63, 3.8) is 0 Å². The Kier molecular flexibility index (Phi) is 7.24. The van der Waals surface area contributed by atoms with Crippen LogP contribution in [0.25, 0.3) is 0 Å². The van der Waals surface area contributed by atoms with Gasteiger partial charge in [-0.3, -0.25) is 0 Å². The smallest absolute Gasteiger partial charge is 0.214 e. The zero-order chi connectivity index (χ0) is 11.3. The van der Waals surface area contributed by atoms with Gasteiger partial charge < -0.3 is 0 Å². The Bertz CT molecular complexity index is 357. The maximum Gasteiger partial charge on any atom is 2.00 e. The second kappa shape index (κ2) is 7.28. The fourth-order valence-corrected chi connectivity index (χ4v) is 2.72. The van der Waals surface area contributed by atoms with Crippen molar-refractivity contribution >= 4 is 29.2 Å². The van der Waals surface area contributed by atoms with Crippen LogP contribution in [0.2, 0.25) is 19.6 Å². The zero-order valence-corrected chi connectivity index (χ0v) is 13.5. The summed E-state index contributed by atoms with van der Waals surface area (Å²) in [5, 5.41) is 1.56. The van der Waals surface area contributed by atoms with E-state index >= 15 is 0 Å². The van der Waals surface area contributed by atoms with Gasteiger partial charge in [-0.1, -0.05) is 35.6 Å². The molecule has 0 aromatic heterocycles. The summed E-state index contributed by atoms with van der Waals surface area (Å²) >= 11 is 3.28. The minimum absolute atomic E-state index is 0. The maximum atomic E-state index is 3.28. The molecule has 88 valence electrons. The first-order valence-corrected chi connectivity index (χ1v) is 9.39. The van der Waals surface area contributed by atoms with Crippen LogP contribution >= 0.6 is 15.9 Å². The van der Waals surface area contributed by atoms with E-state index < -0.39 is 8.07 Å². The molecule has 0 heterocycles. The Balaban J connectivity index is 0.000000283. The molecule has 0 amide bonds. The monoisotopic (exact) mass is 336 g/mol. The van der Waals surface area contributed by atoms with Gasteiger partial charge in [-0.25, -0.2) is 18.2 Å². The largest absolute Gasteiger partial charge is 2.00 e. The Morgan fingerprint density at radius 2 is 1.56 bits per heavy atom. The molecule has 0 atom stereocenters. The molecular formula is C13H17BrFeSi. The van der Waals surface area contributed by atoms with Crippen molar-refractivity contribution in [2.75, 3.05) is 0 Å². The molecule has 0 aliphatic carbocycles. The fraction of sp³-hybridized carbons (Fsp3) is 0.231. The van der Waals surface area contributed by atoms with E-state index in [1.807, 2.05) is 24.3 Å². The van der Waals surface area contributed by atoms with Crippen molar-refractivity contribution in [2.24, 2.45) is 0 Å². The molecule has 0 saturated heterocycles. The van der Waals surface area contributed by atoms with Gasteiger partial charge in [-0.05, 0) is 0 Å². The van der Waals surface area contributed by atoms with Crippen LogP contribution in [-0.2, 0) is 17.1 Å². The molecule has 0 N–H and O–H groups in total. The van der Waals surface area contributed by atoms with Crippen molar-refractivity contribution in [1.82, 2.24) is 0 Å². The summed E-state index contributed by atoms with van der Waals surface area (Å²) in [6.45, 7) is 7.09. The number of hydrogen-bond acceptors (Lipinski definition) is 0. The van der Waals surface area contributed by atoms with E-state index in [1.54, 1.807) is 5.19 Å². The van der Waals surface area contributed by atoms with Crippen molar-refractivity contribution in [2.45, 2.75) is 19.6 Å². The molecular weight excluding hydrogens is 320 g/mol. The van der Waals surface area contributed by atoms with Crippen LogP contribution in [0.3, 0.4) is 0 Å². The first kappa shape index (κ1) is 15.9. The summed E-state index contributed by atoms with van der Waals surface area (Å²) < 4.78 is 1.16. The second-order valence-corrected chi connectivity index (χ2v) is 10.5. The van der Waals surface area contributed by atoms with Crippen molar-refractivity contribution in [3.8, 4) is 0 Å². The van der Waals surface area contributed by atoms with Crippen molar-refractivity contribution in [3.05, 3.63) is 53.0 Å². The van der Waals surface area contributed by atoms with E-state index in [-0.39, 0.29) is 17.1 Å². The van der Waals surface area contributed by atoms with E-state index in [4.69, 9.17) is 0 Å². The van der Waals surface area contributed by atoms with E-state index in [1.165, 1.54) is 0 Å². The van der Waals surface area contributed by atoms with Gasteiger partial charge >= 0.3 is 17.1 Å². The third-order valence-corrected chi connectivity index (χ3v) is 4.74. The predicted molar refractivity (Wildman–Crippen MR) is 74.8 cm³/mol. The van der Waals surface area contributed by atoms with Gasteiger partial charge in [0.1, 0.15) is 0 Å². The molecule has 2 rings (SSSR count). The van der Waals surface area contributed by atoms with Gasteiger partial charge in [0, 0.05) is 0 Å². The number of halogens is 1. The SMILES string of the molecule is Brc1ccc[cH-]1.C[Si](C)(C)c1ccc[cH-]1.[Fe+2]. The average Bonchev–Trinajstić information content (AvgIpc) is 2.73. The van der Waals surface area contributed by atoms with Crippen LogP contribution in [-0.4, -0.2) is 8.07 Å². The molecule has 0 fully saturated rings. The predicted octanol–water partition coefficient (Wildman–Crippen LogP) is 4.12. The second-order valence-electron chi connectivity index (χ2n) is 4.53. The molecule has 0 unspecified atom stereocenters. The van der Waals surface area contributed by atoms with Gasteiger partial charge in [-0.2, -0.15) is 35.5 Å². The zero-order valence-electron chi connectivity index (χ0n) is 9.85. The molecule has 16 heavy (non-hydrogen) atoms. The number of hydrogen-bond donors (Lipinski definition) is 0. The Morgan fingerprint density at radius 1 is 1.00 bits per heavy atom. The van der Waals surface area contributed by atoms with Crippen LogP contribution in [0.1, 0.15) is 0 Å². The minimum atomic E-state index is -0.981. The minimum Gasteiger partial charge on any atom is -0.214 e. The molecule has 0 spiro atoms. The van der Waals surface area contributed by atoms with Crippen LogP contribution in [0.5, 0.6) is 0 Å². The topological polar surface area (TPSA) is 0 Å². The van der Waals surface area contributed by atoms with Gasteiger partial charge in [0.2, 0.25) is 0 Å². The fourth-order valence-electron chi connectivity index (χ4n) is 1.22. The summed E-state index contributed by atoms with van der Waals surface area (Å²) in [5.41, 5.74) is 0. The average molecular weight is 337 g/mol. The van der Waals surface area contributed by atoms with E-state index in [2.05, 4.69) is 59.8 Å². The molecule has 0 aliphatic heterocycles. The summed E-state index contributed by atoms with van der Waals surface area (Å²) in [6, 6.07) is 16.7. The number of rotatable bonds is 1. The normalized spacial score (nSPS) is 10.0. The summed E-state index contributed by atoms with van der Waals surface area (Å²) in [6.07, 6.45) is 0. The quantitative estimate of drug-likeness (QED) is 0.543. The Morgan fingerprint density at radius 3 is 1.75 bits per heavy atom. The first-order chi connectivity index (χ1) is 7.00. The van der Waals surface area contributed by atoms with E-state index in [9.17, 15) is 0 Å². The molecule has 0 radical (unpaired) electrons. The van der Waals surface area contributed by atoms with Crippen molar-refractivity contribution < 1.29 is 17.1 Å². The molecule has 0 aliphatic rings. The molecule has 2 aromatic rings. The van der Waals surface area contributed by atoms with Crippen molar-refractivity contribution in [1.29, 1.82) is 0 Å². The molecule has 0 nitrogen and oxygen atoms in total. The molecule has 0 saturated carbocycles. The van der Waals surface area contributed by atoms with Gasteiger partial charge in [0.05, 0.1) is 8.07 Å². The van der Waals surface area contributed by atoms with Crippen LogP contribution in [0, 0.1) is 0 Å². The molecule has 3 heteroatoms. The van der Waals surface area contributed by atoms with Crippen LogP contribution < -0.4 is 5.19 Å². The van der Waals surface area contributed by atoms with Crippen LogP contribution in [0.15, 0.2) is 53.0 Å². The van der Waals surface area contributed by atoms with Crippen LogP contribution in [0.4, 0.5) is 0 Å². The van der Waals surface area contributed by atoms with Gasteiger partial charge in [0.25, 0.3) is 0 Å². The van der Waals surface area contributed by atoms with Gasteiger partial charge in [0.15, 0.2) is 0 Å². The third-order valence-electron chi connectivity index (χ3n) is 2.15. The first-order valence-electron chi connectivity index (χ1n) is 5.09.